The lowest BCUT2D eigenvalue weighted by molar-refractivity contribution is 0.0900. The van der Waals surface area contributed by atoms with Crippen LogP contribution < -0.4 is 10.6 Å². The second-order valence-corrected chi connectivity index (χ2v) is 3.93. The Morgan fingerprint density at radius 1 is 1.50 bits per heavy atom. The molecule has 0 atom stereocenters. The third kappa shape index (κ3) is 3.00. The van der Waals surface area contributed by atoms with E-state index in [9.17, 15) is 4.79 Å². The van der Waals surface area contributed by atoms with Gasteiger partial charge in [0, 0.05) is 11.6 Å². The van der Waals surface area contributed by atoms with Gasteiger partial charge in [-0.3, -0.25) is 4.79 Å². The summed E-state index contributed by atoms with van der Waals surface area (Å²) < 4.78 is 5.14. The first-order valence-corrected chi connectivity index (χ1v) is 5.33. The summed E-state index contributed by atoms with van der Waals surface area (Å²) in [5.41, 5.74) is 0.890. The van der Waals surface area contributed by atoms with E-state index in [0.29, 0.717) is 5.76 Å². The SMILES string of the molecule is Cc1ccoc1C(=O)NC1CCNCC1.Cl. The predicted molar refractivity (Wildman–Crippen MR) is 64.1 cm³/mol. The van der Waals surface area contributed by atoms with E-state index in [2.05, 4.69) is 10.6 Å². The molecular weight excluding hydrogens is 228 g/mol. The van der Waals surface area contributed by atoms with Crippen molar-refractivity contribution in [1.82, 2.24) is 10.6 Å². The van der Waals surface area contributed by atoms with Gasteiger partial charge in [-0.2, -0.15) is 0 Å². The van der Waals surface area contributed by atoms with E-state index >= 15 is 0 Å². The molecule has 0 saturated carbocycles. The number of halogens is 1. The Balaban J connectivity index is 0.00000128. The Kier molecular flexibility index (Phi) is 4.83. The number of carbonyl (C=O) groups is 1. The van der Waals surface area contributed by atoms with Gasteiger partial charge >= 0.3 is 0 Å². The number of furan rings is 1. The molecule has 0 aliphatic carbocycles. The van der Waals surface area contributed by atoms with E-state index in [-0.39, 0.29) is 24.4 Å². The second kappa shape index (κ2) is 5.92. The summed E-state index contributed by atoms with van der Waals surface area (Å²) in [5, 5.41) is 6.25. The van der Waals surface area contributed by atoms with Crippen LogP contribution in [0.3, 0.4) is 0 Å². The fourth-order valence-electron chi connectivity index (χ4n) is 1.82. The lowest BCUT2D eigenvalue weighted by Crippen LogP contribution is -2.42. The van der Waals surface area contributed by atoms with E-state index in [1.54, 1.807) is 12.3 Å². The van der Waals surface area contributed by atoms with Crippen LogP contribution in [-0.4, -0.2) is 25.0 Å². The standard InChI is InChI=1S/C11H16N2O2.ClH/c1-8-4-7-15-10(8)11(14)13-9-2-5-12-6-3-9;/h4,7,9,12H,2-3,5-6H2,1H3,(H,13,14);1H. The van der Waals surface area contributed by atoms with Gasteiger partial charge in [-0.25, -0.2) is 0 Å². The molecule has 2 N–H and O–H groups in total. The van der Waals surface area contributed by atoms with Crippen LogP contribution in [0.2, 0.25) is 0 Å². The molecule has 2 rings (SSSR count). The van der Waals surface area contributed by atoms with Crippen molar-refractivity contribution in [2.45, 2.75) is 25.8 Å². The first kappa shape index (κ1) is 13.1. The molecule has 4 nitrogen and oxygen atoms in total. The van der Waals surface area contributed by atoms with Crippen molar-refractivity contribution < 1.29 is 9.21 Å². The Hall–Kier alpha value is -1.00. The number of hydrogen-bond acceptors (Lipinski definition) is 3. The summed E-state index contributed by atoms with van der Waals surface area (Å²) in [6, 6.07) is 2.08. The third-order valence-electron chi connectivity index (χ3n) is 2.74. The number of piperidine rings is 1. The quantitative estimate of drug-likeness (QED) is 0.829. The Morgan fingerprint density at radius 2 is 2.19 bits per heavy atom. The molecular formula is C11H17ClN2O2. The summed E-state index contributed by atoms with van der Waals surface area (Å²) in [7, 11) is 0. The van der Waals surface area contributed by atoms with Gasteiger partial charge in [-0.05, 0) is 38.9 Å². The van der Waals surface area contributed by atoms with Gasteiger partial charge in [0.2, 0.25) is 0 Å². The van der Waals surface area contributed by atoms with Crippen molar-refractivity contribution in [2.75, 3.05) is 13.1 Å². The van der Waals surface area contributed by atoms with Crippen molar-refractivity contribution in [3.8, 4) is 0 Å². The minimum atomic E-state index is -0.0931. The minimum Gasteiger partial charge on any atom is -0.459 e. The van der Waals surface area contributed by atoms with Crippen molar-refractivity contribution in [1.29, 1.82) is 0 Å². The summed E-state index contributed by atoms with van der Waals surface area (Å²) in [6.07, 6.45) is 3.53. The van der Waals surface area contributed by atoms with Gasteiger partial charge in [0.25, 0.3) is 5.91 Å². The van der Waals surface area contributed by atoms with Gasteiger partial charge in [0.15, 0.2) is 5.76 Å². The maximum atomic E-state index is 11.8. The van der Waals surface area contributed by atoms with Crippen LogP contribution in [-0.2, 0) is 0 Å². The Bertz CT molecular complexity index is 346. The summed E-state index contributed by atoms with van der Waals surface area (Å²) in [5.74, 6) is 0.345. The number of nitrogens with one attached hydrogen (secondary N) is 2. The summed E-state index contributed by atoms with van der Waals surface area (Å²) >= 11 is 0. The highest BCUT2D eigenvalue weighted by Gasteiger charge is 2.19. The molecule has 16 heavy (non-hydrogen) atoms. The van der Waals surface area contributed by atoms with Gasteiger partial charge in [0.05, 0.1) is 6.26 Å². The smallest absolute Gasteiger partial charge is 0.287 e. The van der Waals surface area contributed by atoms with Crippen LogP contribution in [0.1, 0.15) is 29.0 Å². The van der Waals surface area contributed by atoms with Crippen LogP contribution >= 0.6 is 12.4 Å². The van der Waals surface area contributed by atoms with Crippen molar-refractivity contribution >= 4 is 18.3 Å². The molecule has 0 aromatic carbocycles. The molecule has 1 aromatic rings. The van der Waals surface area contributed by atoms with Crippen LogP contribution in [0, 0.1) is 6.92 Å². The topological polar surface area (TPSA) is 54.3 Å². The number of hydrogen-bond donors (Lipinski definition) is 2. The zero-order valence-electron chi connectivity index (χ0n) is 9.29. The molecule has 1 aliphatic rings. The van der Waals surface area contributed by atoms with Gasteiger partial charge in [-0.15, -0.1) is 12.4 Å². The normalized spacial score (nSPS) is 16.6. The molecule has 1 saturated heterocycles. The molecule has 90 valence electrons. The van der Waals surface area contributed by atoms with E-state index in [1.807, 2.05) is 6.92 Å². The van der Waals surface area contributed by atoms with E-state index in [0.717, 1.165) is 31.5 Å². The van der Waals surface area contributed by atoms with Gasteiger partial charge < -0.3 is 15.1 Å². The van der Waals surface area contributed by atoms with Gasteiger partial charge in [-0.1, -0.05) is 0 Å². The van der Waals surface area contributed by atoms with E-state index in [1.165, 1.54) is 0 Å². The molecule has 2 heterocycles. The molecule has 5 heteroatoms. The van der Waals surface area contributed by atoms with Crippen molar-refractivity contribution in [2.24, 2.45) is 0 Å². The van der Waals surface area contributed by atoms with Crippen LogP contribution in [0.5, 0.6) is 0 Å². The molecule has 0 radical (unpaired) electrons. The molecule has 1 fully saturated rings. The van der Waals surface area contributed by atoms with Gasteiger partial charge in [0.1, 0.15) is 0 Å². The largest absolute Gasteiger partial charge is 0.459 e. The maximum absolute atomic E-state index is 11.8. The Labute approximate surface area is 101 Å². The molecule has 1 amide bonds. The summed E-state index contributed by atoms with van der Waals surface area (Å²) in [4.78, 5) is 11.8. The number of amides is 1. The average Bonchev–Trinajstić information content (AvgIpc) is 2.66. The van der Waals surface area contributed by atoms with Crippen LogP contribution in [0.25, 0.3) is 0 Å². The highest BCUT2D eigenvalue weighted by atomic mass is 35.5. The molecule has 0 unspecified atom stereocenters. The molecule has 1 aromatic heterocycles. The monoisotopic (exact) mass is 244 g/mol. The first-order chi connectivity index (χ1) is 7.27. The minimum absolute atomic E-state index is 0. The highest BCUT2D eigenvalue weighted by molar-refractivity contribution is 5.92. The summed E-state index contributed by atoms with van der Waals surface area (Å²) in [6.45, 7) is 3.82. The fraction of sp³-hybridized carbons (Fsp3) is 0.545. The highest BCUT2D eigenvalue weighted by Crippen LogP contribution is 2.10. The molecule has 0 bridgehead atoms. The Morgan fingerprint density at radius 3 is 2.75 bits per heavy atom. The van der Waals surface area contributed by atoms with Crippen LogP contribution in [0.4, 0.5) is 0 Å². The molecule has 1 aliphatic heterocycles. The average molecular weight is 245 g/mol. The number of carbonyl (C=O) groups excluding carboxylic acids is 1. The lowest BCUT2D eigenvalue weighted by Gasteiger charge is -2.23. The first-order valence-electron chi connectivity index (χ1n) is 5.33. The lowest BCUT2D eigenvalue weighted by atomic mass is 10.1. The van der Waals surface area contributed by atoms with E-state index in [4.69, 9.17) is 4.42 Å². The van der Waals surface area contributed by atoms with Crippen molar-refractivity contribution in [3.05, 3.63) is 23.7 Å². The second-order valence-electron chi connectivity index (χ2n) is 3.93. The zero-order valence-corrected chi connectivity index (χ0v) is 10.1. The van der Waals surface area contributed by atoms with Crippen molar-refractivity contribution in [3.63, 3.8) is 0 Å². The number of rotatable bonds is 2. The predicted octanol–water partition coefficient (Wildman–Crippen LogP) is 1.49. The van der Waals surface area contributed by atoms with E-state index < -0.39 is 0 Å². The third-order valence-corrected chi connectivity index (χ3v) is 2.74. The number of aryl methyl sites for hydroxylation is 1. The zero-order chi connectivity index (χ0) is 10.7. The van der Waals surface area contributed by atoms with Crippen LogP contribution in [0.15, 0.2) is 16.7 Å². The molecule has 0 spiro atoms. The maximum Gasteiger partial charge on any atom is 0.287 e. The fourth-order valence-corrected chi connectivity index (χ4v) is 1.82.